The first kappa shape index (κ1) is 13.0. The summed E-state index contributed by atoms with van der Waals surface area (Å²) in [6.45, 7) is 8.99. The van der Waals surface area contributed by atoms with E-state index in [2.05, 4.69) is 48.5 Å². The molecule has 4 heteroatoms. The first-order chi connectivity index (χ1) is 7.76. The summed E-state index contributed by atoms with van der Waals surface area (Å²) in [4.78, 5) is 7.19. The number of aliphatic imine (C=N–C) groups is 1. The lowest BCUT2D eigenvalue weighted by molar-refractivity contribution is 0.786. The summed E-state index contributed by atoms with van der Waals surface area (Å²) in [7, 11) is 0. The quantitative estimate of drug-likeness (QED) is 0.612. The molecule has 3 nitrogen and oxygen atoms in total. The van der Waals surface area contributed by atoms with Gasteiger partial charge < -0.3 is 10.6 Å². The van der Waals surface area contributed by atoms with E-state index in [0.717, 1.165) is 32.0 Å². The molecule has 0 unspecified atom stereocenters. The average molecular weight is 239 g/mol. The Balaban J connectivity index is 2.49. The van der Waals surface area contributed by atoms with Crippen molar-refractivity contribution in [3.8, 4) is 0 Å². The molecular weight excluding hydrogens is 218 g/mol. The molecule has 0 aliphatic heterocycles. The predicted molar refractivity (Wildman–Crippen MR) is 72.2 cm³/mol. The van der Waals surface area contributed by atoms with E-state index in [0.29, 0.717) is 0 Å². The molecular formula is C12H21N3S. The predicted octanol–water partition coefficient (Wildman–Crippen LogP) is 2.52. The number of nitrogens with zero attached hydrogens (tertiary/aromatic N) is 1. The highest BCUT2D eigenvalue weighted by molar-refractivity contribution is 7.11. The van der Waals surface area contributed by atoms with Crippen LogP contribution in [0.2, 0.25) is 0 Å². The average Bonchev–Trinajstić information content (AvgIpc) is 2.68. The Bertz CT molecular complexity index is 331. The highest BCUT2D eigenvalue weighted by Crippen LogP contribution is 2.15. The third-order valence-corrected chi connectivity index (χ3v) is 3.06. The zero-order chi connectivity index (χ0) is 11.8. The fraction of sp³-hybridized carbons (Fsp3) is 0.583. The van der Waals surface area contributed by atoms with Gasteiger partial charge in [-0.05, 0) is 32.4 Å². The van der Waals surface area contributed by atoms with Gasteiger partial charge in [0.15, 0.2) is 5.96 Å². The summed E-state index contributed by atoms with van der Waals surface area (Å²) in [5, 5.41) is 6.53. The van der Waals surface area contributed by atoms with Crippen molar-refractivity contribution < 1.29 is 0 Å². The number of hydrogen-bond donors (Lipinski definition) is 2. The van der Waals surface area contributed by atoms with Crippen LogP contribution in [0, 0.1) is 6.92 Å². The van der Waals surface area contributed by atoms with Gasteiger partial charge in [0.25, 0.3) is 0 Å². The largest absolute Gasteiger partial charge is 0.357 e. The number of thiophene rings is 1. The summed E-state index contributed by atoms with van der Waals surface area (Å²) < 4.78 is 0. The third kappa shape index (κ3) is 4.66. The molecule has 0 aliphatic rings. The molecule has 0 saturated carbocycles. The normalized spacial score (nSPS) is 11.6. The summed E-state index contributed by atoms with van der Waals surface area (Å²) in [6.07, 6.45) is 1.11. The number of guanidine groups is 1. The molecule has 0 spiro atoms. The lowest BCUT2D eigenvalue weighted by atomic mass is 10.4. The van der Waals surface area contributed by atoms with Gasteiger partial charge in [-0.25, -0.2) is 4.99 Å². The van der Waals surface area contributed by atoms with Gasteiger partial charge in [0, 0.05) is 22.8 Å². The number of rotatable bonds is 5. The minimum absolute atomic E-state index is 0.761. The molecule has 0 aromatic carbocycles. The van der Waals surface area contributed by atoms with Crippen molar-refractivity contribution >= 4 is 17.3 Å². The first-order valence-electron chi connectivity index (χ1n) is 5.83. The second kappa shape index (κ2) is 7.28. The van der Waals surface area contributed by atoms with Crippen molar-refractivity contribution in [3.05, 3.63) is 21.9 Å². The maximum Gasteiger partial charge on any atom is 0.191 e. The van der Waals surface area contributed by atoms with Gasteiger partial charge in [0.2, 0.25) is 0 Å². The molecule has 0 bridgehead atoms. The van der Waals surface area contributed by atoms with Crippen LogP contribution in [0.3, 0.4) is 0 Å². The van der Waals surface area contributed by atoms with E-state index in [9.17, 15) is 0 Å². The molecule has 0 saturated heterocycles. The molecule has 90 valence electrons. The molecule has 1 rings (SSSR count). The fourth-order valence-corrected chi connectivity index (χ4v) is 2.13. The third-order valence-electron chi connectivity index (χ3n) is 2.08. The Kier molecular flexibility index (Phi) is 5.93. The van der Waals surface area contributed by atoms with Crippen LogP contribution in [-0.2, 0) is 6.54 Å². The van der Waals surface area contributed by atoms with Crippen LogP contribution in [0.1, 0.15) is 30.0 Å². The molecule has 0 fully saturated rings. The molecule has 2 N–H and O–H groups in total. The minimum Gasteiger partial charge on any atom is -0.357 e. The van der Waals surface area contributed by atoms with Crippen molar-refractivity contribution in [2.45, 2.75) is 33.7 Å². The smallest absolute Gasteiger partial charge is 0.191 e. The highest BCUT2D eigenvalue weighted by atomic mass is 32.1. The summed E-state index contributed by atoms with van der Waals surface area (Å²) in [5.74, 6) is 0.912. The van der Waals surface area contributed by atoms with E-state index in [4.69, 9.17) is 0 Å². The van der Waals surface area contributed by atoms with Gasteiger partial charge >= 0.3 is 0 Å². The zero-order valence-corrected chi connectivity index (χ0v) is 11.2. The molecule has 16 heavy (non-hydrogen) atoms. The Hall–Kier alpha value is -1.03. The molecule has 1 aromatic rings. The molecule has 0 radical (unpaired) electrons. The number of hydrogen-bond acceptors (Lipinski definition) is 2. The topological polar surface area (TPSA) is 36.4 Å². The maximum absolute atomic E-state index is 4.54. The Morgan fingerprint density at radius 2 is 2.12 bits per heavy atom. The second-order valence-corrected chi connectivity index (χ2v) is 5.01. The van der Waals surface area contributed by atoms with Crippen LogP contribution in [0.15, 0.2) is 17.1 Å². The van der Waals surface area contributed by atoms with Crippen molar-refractivity contribution in [1.29, 1.82) is 0 Å². The van der Waals surface area contributed by atoms with Crippen molar-refractivity contribution in [2.24, 2.45) is 4.99 Å². The summed E-state index contributed by atoms with van der Waals surface area (Å²) in [6, 6.07) is 4.29. The van der Waals surface area contributed by atoms with Gasteiger partial charge in [-0.1, -0.05) is 6.92 Å². The molecule has 0 aliphatic carbocycles. The first-order valence-corrected chi connectivity index (χ1v) is 6.65. The van der Waals surface area contributed by atoms with Gasteiger partial charge in [-0.2, -0.15) is 0 Å². The second-order valence-electron chi connectivity index (χ2n) is 3.63. The standard InChI is InChI=1S/C12H21N3S/c1-4-8-14-12(13-5-2)15-9-11-7-6-10(3)16-11/h6-7H,4-5,8-9H2,1-3H3,(H2,13,14,15). The Morgan fingerprint density at radius 1 is 1.31 bits per heavy atom. The van der Waals surface area contributed by atoms with Gasteiger partial charge in [-0.3, -0.25) is 0 Å². The van der Waals surface area contributed by atoms with Gasteiger partial charge in [0.1, 0.15) is 0 Å². The Morgan fingerprint density at radius 3 is 2.69 bits per heavy atom. The van der Waals surface area contributed by atoms with Crippen molar-refractivity contribution in [1.82, 2.24) is 10.6 Å². The molecule has 0 atom stereocenters. The number of nitrogens with one attached hydrogen (secondary N) is 2. The number of aryl methyl sites for hydroxylation is 1. The highest BCUT2D eigenvalue weighted by Gasteiger charge is 1.98. The summed E-state index contributed by atoms with van der Waals surface area (Å²) >= 11 is 1.81. The monoisotopic (exact) mass is 239 g/mol. The van der Waals surface area contributed by atoms with E-state index in [1.807, 2.05) is 11.3 Å². The zero-order valence-electron chi connectivity index (χ0n) is 10.3. The van der Waals surface area contributed by atoms with Crippen molar-refractivity contribution in [3.63, 3.8) is 0 Å². The van der Waals surface area contributed by atoms with Gasteiger partial charge in [0.05, 0.1) is 6.54 Å². The lowest BCUT2D eigenvalue weighted by Gasteiger charge is -2.09. The fourth-order valence-electron chi connectivity index (χ4n) is 1.31. The Labute approximate surface area is 102 Å². The van der Waals surface area contributed by atoms with Crippen LogP contribution in [0.5, 0.6) is 0 Å². The molecule has 1 aromatic heterocycles. The molecule has 0 amide bonds. The van der Waals surface area contributed by atoms with Crippen LogP contribution < -0.4 is 10.6 Å². The molecule has 1 heterocycles. The van der Waals surface area contributed by atoms with Gasteiger partial charge in [-0.15, -0.1) is 11.3 Å². The van der Waals surface area contributed by atoms with E-state index >= 15 is 0 Å². The van der Waals surface area contributed by atoms with E-state index in [1.165, 1.54) is 9.75 Å². The lowest BCUT2D eigenvalue weighted by Crippen LogP contribution is -2.37. The van der Waals surface area contributed by atoms with E-state index < -0.39 is 0 Å². The van der Waals surface area contributed by atoms with Crippen LogP contribution in [0.4, 0.5) is 0 Å². The van der Waals surface area contributed by atoms with E-state index in [1.54, 1.807) is 0 Å². The minimum atomic E-state index is 0.761. The van der Waals surface area contributed by atoms with Crippen LogP contribution in [-0.4, -0.2) is 19.0 Å². The maximum atomic E-state index is 4.54. The van der Waals surface area contributed by atoms with Crippen molar-refractivity contribution in [2.75, 3.05) is 13.1 Å². The van der Waals surface area contributed by atoms with E-state index in [-0.39, 0.29) is 0 Å². The van der Waals surface area contributed by atoms with Crippen LogP contribution >= 0.6 is 11.3 Å². The van der Waals surface area contributed by atoms with Crippen LogP contribution in [0.25, 0.3) is 0 Å². The summed E-state index contributed by atoms with van der Waals surface area (Å²) in [5.41, 5.74) is 0. The SMILES string of the molecule is CCCNC(=NCc1ccc(C)s1)NCC.